The van der Waals surface area contributed by atoms with E-state index in [9.17, 15) is 18.0 Å². The van der Waals surface area contributed by atoms with E-state index in [1.165, 1.54) is 11.0 Å². The normalized spacial score (nSPS) is 17.4. The van der Waals surface area contributed by atoms with Crippen LogP contribution in [0.15, 0.2) is 51.7 Å². The van der Waals surface area contributed by atoms with Crippen molar-refractivity contribution < 1.29 is 22.4 Å². The van der Waals surface area contributed by atoms with Crippen LogP contribution in [0.2, 0.25) is 0 Å². The number of rotatable bonds is 5. The Balaban J connectivity index is 1.73. The van der Waals surface area contributed by atoms with E-state index in [2.05, 4.69) is 0 Å². The lowest BCUT2D eigenvalue weighted by Crippen LogP contribution is -2.40. The first-order valence-corrected chi connectivity index (χ1v) is 12.2. The molecule has 1 saturated heterocycles. The number of sulfone groups is 1. The molecule has 0 saturated carbocycles. The zero-order valence-corrected chi connectivity index (χ0v) is 19.1. The van der Waals surface area contributed by atoms with Crippen LogP contribution >= 0.6 is 0 Å². The number of carbonyl (C=O) groups is 1. The Morgan fingerprint density at radius 3 is 2.44 bits per heavy atom. The van der Waals surface area contributed by atoms with Crippen molar-refractivity contribution in [1.29, 1.82) is 0 Å². The van der Waals surface area contributed by atoms with Gasteiger partial charge in [-0.05, 0) is 61.2 Å². The van der Waals surface area contributed by atoms with Gasteiger partial charge >= 0.3 is 0 Å². The molecule has 32 heavy (non-hydrogen) atoms. The van der Waals surface area contributed by atoms with Gasteiger partial charge in [-0.1, -0.05) is 12.1 Å². The molecule has 0 radical (unpaired) electrons. The highest BCUT2D eigenvalue weighted by molar-refractivity contribution is 7.91. The molecule has 2 aromatic carbocycles. The fourth-order valence-corrected chi connectivity index (χ4v) is 5.70. The van der Waals surface area contributed by atoms with Crippen LogP contribution in [0.25, 0.3) is 11.0 Å². The maximum atomic E-state index is 13.5. The lowest BCUT2D eigenvalue weighted by molar-refractivity contribution is 0.0648. The number of nitrogens with zero attached hydrogens (tertiary/aromatic N) is 1. The van der Waals surface area contributed by atoms with Crippen LogP contribution in [0.3, 0.4) is 0 Å². The maximum absolute atomic E-state index is 13.5. The summed E-state index contributed by atoms with van der Waals surface area (Å²) >= 11 is 0. The number of hydrogen-bond acceptors (Lipinski definition) is 6. The minimum Gasteiger partial charge on any atom is -0.497 e. The predicted molar refractivity (Wildman–Crippen MR) is 122 cm³/mol. The fourth-order valence-electron chi connectivity index (χ4n) is 3.97. The van der Waals surface area contributed by atoms with Gasteiger partial charge in [-0.25, -0.2) is 8.42 Å². The zero-order valence-electron chi connectivity index (χ0n) is 18.3. The summed E-state index contributed by atoms with van der Waals surface area (Å²) < 4.78 is 35.2. The Hall–Kier alpha value is -3.13. The maximum Gasteiger partial charge on any atom is 0.290 e. The van der Waals surface area contributed by atoms with Gasteiger partial charge in [-0.15, -0.1) is 0 Å². The predicted octanol–water partition coefficient (Wildman–Crippen LogP) is 3.25. The second-order valence-electron chi connectivity index (χ2n) is 8.25. The van der Waals surface area contributed by atoms with Crippen molar-refractivity contribution in [3.05, 3.63) is 75.1 Å². The molecule has 1 aliphatic heterocycles. The number of ether oxygens (including phenoxy) is 1. The van der Waals surface area contributed by atoms with E-state index in [1.807, 2.05) is 26.0 Å². The summed E-state index contributed by atoms with van der Waals surface area (Å²) in [5.74, 6) is 0.0137. The van der Waals surface area contributed by atoms with Gasteiger partial charge in [-0.3, -0.25) is 9.59 Å². The molecule has 168 valence electrons. The van der Waals surface area contributed by atoms with Crippen molar-refractivity contribution in [2.45, 2.75) is 32.9 Å². The molecule has 0 aliphatic carbocycles. The topological polar surface area (TPSA) is 93.9 Å². The molecule has 0 N–H and O–H groups in total. The van der Waals surface area contributed by atoms with Gasteiger partial charge in [0, 0.05) is 18.7 Å². The van der Waals surface area contributed by atoms with E-state index in [4.69, 9.17) is 9.15 Å². The van der Waals surface area contributed by atoms with E-state index < -0.39 is 21.8 Å². The van der Waals surface area contributed by atoms with Crippen molar-refractivity contribution in [2.24, 2.45) is 0 Å². The molecule has 0 bridgehead atoms. The van der Waals surface area contributed by atoms with Crippen LogP contribution in [-0.2, 0) is 16.4 Å². The first kappa shape index (κ1) is 22.1. The van der Waals surface area contributed by atoms with Crippen LogP contribution in [0, 0.1) is 13.8 Å². The number of carbonyl (C=O) groups excluding carboxylic acids is 1. The van der Waals surface area contributed by atoms with Gasteiger partial charge in [0.2, 0.25) is 0 Å². The number of aryl methyl sites for hydroxylation is 2. The first-order chi connectivity index (χ1) is 15.2. The summed E-state index contributed by atoms with van der Waals surface area (Å²) in [5.41, 5.74) is 2.76. The lowest BCUT2D eigenvalue weighted by Gasteiger charge is -2.28. The smallest absolute Gasteiger partial charge is 0.290 e. The Bertz CT molecular complexity index is 1340. The average molecular weight is 456 g/mol. The minimum atomic E-state index is -3.22. The molecule has 1 aromatic heterocycles. The van der Waals surface area contributed by atoms with Crippen molar-refractivity contribution >= 4 is 26.7 Å². The van der Waals surface area contributed by atoms with E-state index in [0.29, 0.717) is 23.1 Å². The molecule has 1 amide bonds. The standard InChI is InChI=1S/C24H25NO6S/c1-15-10-20-21(26)12-23(31-22(20)11-16(15)2)24(27)25(18-8-9-32(28,29)14-18)13-17-4-6-19(30-3)7-5-17/h4-7,10-12,18H,8-9,13-14H2,1-3H3/t18-/m0/s1. The quantitative estimate of drug-likeness (QED) is 0.586. The number of amides is 1. The van der Waals surface area contributed by atoms with Gasteiger partial charge < -0.3 is 14.1 Å². The molecule has 3 aromatic rings. The fraction of sp³-hybridized carbons (Fsp3) is 0.333. The van der Waals surface area contributed by atoms with Gasteiger partial charge in [0.05, 0.1) is 24.0 Å². The Morgan fingerprint density at radius 1 is 1.12 bits per heavy atom. The van der Waals surface area contributed by atoms with E-state index in [0.717, 1.165) is 16.7 Å². The first-order valence-electron chi connectivity index (χ1n) is 10.4. The van der Waals surface area contributed by atoms with Gasteiger partial charge in [0.15, 0.2) is 21.0 Å². The van der Waals surface area contributed by atoms with E-state index >= 15 is 0 Å². The molecule has 7 nitrogen and oxygen atoms in total. The van der Waals surface area contributed by atoms with Crippen LogP contribution in [0.1, 0.15) is 33.7 Å². The van der Waals surface area contributed by atoms with Crippen molar-refractivity contribution in [2.75, 3.05) is 18.6 Å². The Labute approximate surface area is 186 Å². The Kier molecular flexibility index (Phi) is 5.81. The summed E-state index contributed by atoms with van der Waals surface area (Å²) in [5, 5.41) is 0.412. The third-order valence-corrected chi connectivity index (χ3v) is 7.73. The zero-order chi connectivity index (χ0) is 23.0. The molecule has 1 atom stereocenters. The summed E-state index contributed by atoms with van der Waals surface area (Å²) in [6, 6.07) is 11.4. The number of hydrogen-bond donors (Lipinski definition) is 0. The monoisotopic (exact) mass is 455 g/mol. The molecular formula is C24H25NO6S. The molecule has 4 rings (SSSR count). The largest absolute Gasteiger partial charge is 0.497 e. The SMILES string of the molecule is COc1ccc(CN(C(=O)c2cc(=O)c3cc(C)c(C)cc3o2)[C@H]2CCS(=O)(=O)C2)cc1. The number of benzene rings is 2. The Morgan fingerprint density at radius 2 is 1.81 bits per heavy atom. The molecule has 2 heterocycles. The van der Waals surface area contributed by atoms with E-state index in [1.54, 1.807) is 31.4 Å². The van der Waals surface area contributed by atoms with Crippen molar-refractivity contribution in [3.63, 3.8) is 0 Å². The van der Waals surface area contributed by atoms with Crippen LogP contribution in [0.4, 0.5) is 0 Å². The second-order valence-corrected chi connectivity index (χ2v) is 10.5. The summed E-state index contributed by atoms with van der Waals surface area (Å²) in [4.78, 5) is 27.7. The molecule has 8 heteroatoms. The highest BCUT2D eigenvalue weighted by Gasteiger charge is 2.36. The van der Waals surface area contributed by atoms with Gasteiger partial charge in [-0.2, -0.15) is 0 Å². The van der Waals surface area contributed by atoms with Crippen molar-refractivity contribution in [3.8, 4) is 5.75 Å². The summed E-state index contributed by atoms with van der Waals surface area (Å²) in [6.45, 7) is 4.00. The highest BCUT2D eigenvalue weighted by atomic mass is 32.2. The number of methoxy groups -OCH3 is 1. The van der Waals surface area contributed by atoms with Gasteiger partial charge in [0.1, 0.15) is 11.3 Å². The summed E-state index contributed by atoms with van der Waals surface area (Å²) in [6.07, 6.45) is 0.348. The highest BCUT2D eigenvalue weighted by Crippen LogP contribution is 2.25. The summed E-state index contributed by atoms with van der Waals surface area (Å²) in [7, 11) is -1.65. The molecule has 1 aliphatic rings. The van der Waals surface area contributed by atoms with Crippen LogP contribution in [-0.4, -0.2) is 43.9 Å². The molecule has 0 unspecified atom stereocenters. The van der Waals surface area contributed by atoms with Crippen molar-refractivity contribution in [1.82, 2.24) is 4.90 Å². The lowest BCUT2D eigenvalue weighted by atomic mass is 10.1. The third kappa shape index (κ3) is 4.41. The average Bonchev–Trinajstić information content (AvgIpc) is 3.12. The number of fused-ring (bicyclic) bond motifs is 1. The molecule has 1 fully saturated rings. The minimum absolute atomic E-state index is 0.0319. The van der Waals surface area contributed by atoms with Crippen LogP contribution < -0.4 is 10.2 Å². The van der Waals surface area contributed by atoms with Gasteiger partial charge in [0.25, 0.3) is 5.91 Å². The second kappa shape index (κ2) is 8.43. The van der Waals surface area contributed by atoms with Crippen LogP contribution in [0.5, 0.6) is 5.75 Å². The molecular weight excluding hydrogens is 430 g/mol. The van der Waals surface area contributed by atoms with E-state index in [-0.39, 0.29) is 29.2 Å². The third-order valence-electron chi connectivity index (χ3n) is 5.98. The molecule has 0 spiro atoms.